The van der Waals surface area contributed by atoms with Crippen LogP contribution in [0, 0.1) is 10.1 Å². The standard InChI is InChI=1S/C15H18Br3NO4/c16-11-4-1-2-5-14(11)22-6-3-7-23-15-12(17)8-10(19(20)21)9-13(15)18/h8-9,11,14H,1-7H2/t11-,14-/m1/s1. The van der Waals surface area contributed by atoms with Crippen LogP contribution in [-0.2, 0) is 4.74 Å². The lowest BCUT2D eigenvalue weighted by Crippen LogP contribution is -2.28. The highest BCUT2D eigenvalue weighted by atomic mass is 79.9. The fourth-order valence-corrected chi connectivity index (χ4v) is 4.63. The van der Waals surface area contributed by atoms with Crippen LogP contribution in [0.4, 0.5) is 5.69 Å². The molecular formula is C15H18Br3NO4. The second kappa shape index (κ2) is 9.34. The van der Waals surface area contributed by atoms with E-state index in [0.29, 0.717) is 38.8 Å². The van der Waals surface area contributed by atoms with Crippen LogP contribution < -0.4 is 4.74 Å². The van der Waals surface area contributed by atoms with Crippen LogP contribution in [0.15, 0.2) is 21.1 Å². The van der Waals surface area contributed by atoms with Crippen molar-refractivity contribution in [2.24, 2.45) is 0 Å². The molecule has 0 radical (unpaired) electrons. The molecule has 0 saturated heterocycles. The molecule has 0 spiro atoms. The summed E-state index contributed by atoms with van der Waals surface area (Å²) in [6.45, 7) is 1.14. The molecule has 0 aliphatic heterocycles. The lowest BCUT2D eigenvalue weighted by atomic mass is 9.98. The first-order valence-corrected chi connectivity index (χ1v) is 10.0. The molecule has 1 aliphatic rings. The number of benzene rings is 1. The Morgan fingerprint density at radius 2 is 1.83 bits per heavy atom. The van der Waals surface area contributed by atoms with Crippen molar-refractivity contribution in [2.45, 2.75) is 43.0 Å². The van der Waals surface area contributed by atoms with Crippen molar-refractivity contribution in [1.82, 2.24) is 0 Å². The molecule has 1 aromatic rings. The maximum absolute atomic E-state index is 10.8. The number of rotatable bonds is 7. The Balaban J connectivity index is 1.77. The van der Waals surface area contributed by atoms with Gasteiger partial charge in [-0.2, -0.15) is 0 Å². The Kier molecular flexibility index (Phi) is 7.78. The molecule has 5 nitrogen and oxygen atoms in total. The zero-order valence-electron chi connectivity index (χ0n) is 12.5. The van der Waals surface area contributed by atoms with Gasteiger partial charge in [0, 0.05) is 23.4 Å². The number of nitro benzene ring substituents is 1. The summed E-state index contributed by atoms with van der Waals surface area (Å²) in [6.07, 6.45) is 5.83. The van der Waals surface area contributed by atoms with Crippen LogP contribution in [0.3, 0.4) is 0 Å². The molecule has 0 unspecified atom stereocenters. The van der Waals surface area contributed by atoms with E-state index in [4.69, 9.17) is 9.47 Å². The number of hydrogen-bond acceptors (Lipinski definition) is 4. The first-order valence-electron chi connectivity index (χ1n) is 7.51. The molecular weight excluding hydrogens is 498 g/mol. The third-order valence-electron chi connectivity index (χ3n) is 3.68. The van der Waals surface area contributed by atoms with Crippen molar-refractivity contribution in [2.75, 3.05) is 13.2 Å². The predicted octanol–water partition coefficient (Wildman–Crippen LogP) is 5.61. The summed E-state index contributed by atoms with van der Waals surface area (Å²) >= 11 is 10.3. The number of non-ortho nitro benzene ring substituents is 1. The van der Waals surface area contributed by atoms with Gasteiger partial charge in [0.05, 0.1) is 33.2 Å². The summed E-state index contributed by atoms with van der Waals surface area (Å²) in [7, 11) is 0. The minimum Gasteiger partial charge on any atom is -0.491 e. The highest BCUT2D eigenvalue weighted by Crippen LogP contribution is 2.37. The van der Waals surface area contributed by atoms with Crippen molar-refractivity contribution >= 4 is 53.5 Å². The molecule has 23 heavy (non-hydrogen) atoms. The monoisotopic (exact) mass is 513 g/mol. The normalized spacial score (nSPS) is 21.2. The molecule has 2 atom stereocenters. The smallest absolute Gasteiger partial charge is 0.271 e. The summed E-state index contributed by atoms with van der Waals surface area (Å²) in [4.78, 5) is 10.8. The van der Waals surface area contributed by atoms with Crippen molar-refractivity contribution in [3.63, 3.8) is 0 Å². The van der Waals surface area contributed by atoms with Crippen molar-refractivity contribution in [3.05, 3.63) is 31.2 Å². The third kappa shape index (κ3) is 5.69. The summed E-state index contributed by atoms with van der Waals surface area (Å²) in [6, 6.07) is 2.88. The zero-order valence-corrected chi connectivity index (χ0v) is 17.2. The van der Waals surface area contributed by atoms with E-state index in [1.807, 2.05) is 0 Å². The number of hydrogen-bond donors (Lipinski definition) is 0. The molecule has 0 aromatic heterocycles. The molecule has 0 heterocycles. The maximum atomic E-state index is 10.8. The first-order chi connectivity index (χ1) is 11.0. The summed E-state index contributed by atoms with van der Waals surface area (Å²) < 4.78 is 12.7. The van der Waals surface area contributed by atoms with Crippen molar-refractivity contribution < 1.29 is 14.4 Å². The second-order valence-electron chi connectivity index (χ2n) is 5.41. The van der Waals surface area contributed by atoms with E-state index in [0.717, 1.165) is 12.8 Å². The molecule has 1 aromatic carbocycles. The molecule has 1 fully saturated rings. The third-order valence-corrected chi connectivity index (χ3v) is 5.91. The first kappa shape index (κ1) is 19.1. The van der Waals surface area contributed by atoms with Gasteiger partial charge in [-0.25, -0.2) is 0 Å². The number of ether oxygens (including phenoxy) is 2. The Labute approximate surface area is 160 Å². The minimum absolute atomic E-state index is 0.0140. The number of alkyl halides is 1. The quantitative estimate of drug-likeness (QED) is 0.205. The Morgan fingerprint density at radius 1 is 1.17 bits per heavy atom. The van der Waals surface area contributed by atoms with E-state index in [9.17, 15) is 10.1 Å². The van der Waals surface area contributed by atoms with Gasteiger partial charge >= 0.3 is 0 Å². The predicted molar refractivity (Wildman–Crippen MR) is 99.5 cm³/mol. The average molecular weight is 516 g/mol. The van der Waals surface area contributed by atoms with Gasteiger partial charge in [-0.1, -0.05) is 28.8 Å². The summed E-state index contributed by atoms with van der Waals surface area (Å²) in [5, 5.41) is 10.8. The molecule has 128 valence electrons. The lowest BCUT2D eigenvalue weighted by molar-refractivity contribution is -0.385. The van der Waals surface area contributed by atoms with E-state index in [1.54, 1.807) is 0 Å². The van der Waals surface area contributed by atoms with Crippen LogP contribution in [-0.4, -0.2) is 29.1 Å². The number of halogens is 3. The van der Waals surface area contributed by atoms with E-state index < -0.39 is 4.92 Å². The zero-order chi connectivity index (χ0) is 16.8. The van der Waals surface area contributed by atoms with Gasteiger partial charge in [0.15, 0.2) is 0 Å². The van der Waals surface area contributed by atoms with Gasteiger partial charge in [0.1, 0.15) is 5.75 Å². The lowest BCUT2D eigenvalue weighted by Gasteiger charge is -2.27. The SMILES string of the molecule is O=[N+]([O-])c1cc(Br)c(OCCCO[C@@H]2CCCC[C@H]2Br)c(Br)c1. The molecule has 0 N–H and O–H groups in total. The van der Waals surface area contributed by atoms with Gasteiger partial charge in [0.2, 0.25) is 0 Å². The Morgan fingerprint density at radius 3 is 2.43 bits per heavy atom. The fraction of sp³-hybridized carbons (Fsp3) is 0.600. The highest BCUT2D eigenvalue weighted by Gasteiger charge is 2.23. The number of nitro groups is 1. The molecule has 8 heteroatoms. The molecule has 2 rings (SSSR count). The molecule has 1 saturated carbocycles. The van der Waals surface area contributed by atoms with Crippen molar-refractivity contribution in [3.8, 4) is 5.75 Å². The van der Waals surface area contributed by atoms with E-state index in [2.05, 4.69) is 47.8 Å². The van der Waals surface area contributed by atoms with Crippen molar-refractivity contribution in [1.29, 1.82) is 0 Å². The second-order valence-corrected chi connectivity index (χ2v) is 8.29. The van der Waals surface area contributed by atoms with Gasteiger partial charge in [-0.3, -0.25) is 10.1 Å². The molecule has 1 aliphatic carbocycles. The van der Waals surface area contributed by atoms with Crippen LogP contribution in [0.2, 0.25) is 0 Å². The fourth-order valence-electron chi connectivity index (χ4n) is 2.50. The van der Waals surface area contributed by atoms with Crippen LogP contribution in [0.1, 0.15) is 32.1 Å². The summed E-state index contributed by atoms with van der Waals surface area (Å²) in [5.41, 5.74) is 0.0140. The van der Waals surface area contributed by atoms with Gasteiger partial charge in [0.25, 0.3) is 5.69 Å². The Bertz CT molecular complexity index is 533. The maximum Gasteiger partial charge on any atom is 0.271 e. The highest BCUT2D eigenvalue weighted by molar-refractivity contribution is 9.11. The van der Waals surface area contributed by atoms with E-state index >= 15 is 0 Å². The van der Waals surface area contributed by atoms with E-state index in [-0.39, 0.29) is 5.69 Å². The van der Waals surface area contributed by atoms with Gasteiger partial charge in [-0.15, -0.1) is 0 Å². The van der Waals surface area contributed by atoms with Gasteiger partial charge in [-0.05, 0) is 44.7 Å². The average Bonchev–Trinajstić information content (AvgIpc) is 2.50. The van der Waals surface area contributed by atoms with Gasteiger partial charge < -0.3 is 9.47 Å². The minimum atomic E-state index is -0.437. The van der Waals surface area contributed by atoms with Crippen LogP contribution in [0.5, 0.6) is 5.75 Å². The Hall–Kier alpha value is -0.180. The summed E-state index contributed by atoms with van der Waals surface area (Å²) in [5.74, 6) is 0.576. The number of nitrogens with zero attached hydrogens (tertiary/aromatic N) is 1. The largest absolute Gasteiger partial charge is 0.491 e. The topological polar surface area (TPSA) is 61.6 Å². The van der Waals surface area contributed by atoms with Crippen LogP contribution >= 0.6 is 47.8 Å². The molecule has 0 amide bonds. The van der Waals surface area contributed by atoms with Crippen LogP contribution in [0.25, 0.3) is 0 Å². The van der Waals surface area contributed by atoms with E-state index in [1.165, 1.54) is 31.4 Å². The molecule has 0 bridgehead atoms.